The summed E-state index contributed by atoms with van der Waals surface area (Å²) >= 11 is 0.924. The van der Waals surface area contributed by atoms with Gasteiger partial charge in [-0.3, -0.25) is 9.89 Å². The number of carbonyl (C=O) groups is 1. The van der Waals surface area contributed by atoms with Crippen LogP contribution >= 0.6 is 11.8 Å². The highest BCUT2D eigenvalue weighted by molar-refractivity contribution is 7.99. The predicted octanol–water partition coefficient (Wildman–Crippen LogP) is 2.40. The normalized spacial score (nSPS) is 11.2. The van der Waals surface area contributed by atoms with Crippen molar-refractivity contribution in [3.05, 3.63) is 52.3 Å². The van der Waals surface area contributed by atoms with Crippen molar-refractivity contribution in [1.82, 2.24) is 19.9 Å². The van der Waals surface area contributed by atoms with Crippen molar-refractivity contribution in [3.8, 4) is 22.5 Å². The minimum Gasteiger partial charge on any atom is -0.268 e. The molecule has 2 aromatic carbocycles. The van der Waals surface area contributed by atoms with E-state index in [1.54, 1.807) is 18.2 Å². The summed E-state index contributed by atoms with van der Waals surface area (Å²) in [6, 6.07) is 10.9. The van der Waals surface area contributed by atoms with Crippen LogP contribution in [0.5, 0.6) is 0 Å². The Morgan fingerprint density at radius 1 is 1.22 bits per heavy atom. The van der Waals surface area contributed by atoms with Gasteiger partial charge in [0.25, 0.3) is 10.8 Å². The number of sulfonamides is 1. The van der Waals surface area contributed by atoms with Crippen LogP contribution in [0, 0.1) is 9.81 Å². The molecule has 0 saturated carbocycles. The number of amides is 1. The maximum Gasteiger partial charge on any atom is 0.318 e. The fraction of sp³-hybridized carbons (Fsp3) is 0.167. The predicted molar refractivity (Wildman–Crippen MR) is 115 cm³/mol. The molecule has 0 spiro atoms. The summed E-state index contributed by atoms with van der Waals surface area (Å²) in [5, 5.41) is 9.19. The molecule has 1 heterocycles. The van der Waals surface area contributed by atoms with Crippen LogP contribution in [0.3, 0.4) is 0 Å². The molecule has 3 aromatic rings. The highest BCUT2D eigenvalue weighted by atomic mass is 32.2. The average molecular weight is 478 g/mol. The van der Waals surface area contributed by atoms with E-state index in [1.807, 2.05) is 0 Å². The van der Waals surface area contributed by atoms with Crippen LogP contribution in [0.25, 0.3) is 22.5 Å². The number of hydrogen-bond donors (Lipinski definition) is 2. The fourth-order valence-corrected chi connectivity index (χ4v) is 4.03. The SMILES string of the molecule is CNS(=O)(=O)c1cccc(-c2cc(-c3nc(SCC(=O)N=O)n[nH]3)cc([N+](=O)OC)c2)c1. The molecule has 1 amide bonds. The lowest BCUT2D eigenvalue weighted by Gasteiger charge is -2.07. The van der Waals surface area contributed by atoms with Gasteiger partial charge in [0.05, 0.1) is 15.6 Å². The van der Waals surface area contributed by atoms with Crippen LogP contribution in [0.2, 0.25) is 0 Å². The van der Waals surface area contributed by atoms with Gasteiger partial charge in [-0.15, -0.1) is 10.0 Å². The highest BCUT2D eigenvalue weighted by Gasteiger charge is 2.21. The number of aromatic nitrogens is 3. The molecule has 14 heteroatoms. The van der Waals surface area contributed by atoms with Gasteiger partial charge < -0.3 is 0 Å². The standard InChI is InChI=1S/C18H17N6O6S2/c1-19-32(28,29)15-5-3-4-11(9-15)12-6-13(8-14(7-12)24(27)30-2)17-20-18(22-21-17)31-10-16(25)23-26/h3-9,19H,10H2,1-2H3,(H,20,21,22)/q+1. The molecule has 32 heavy (non-hydrogen) atoms. The zero-order valence-electron chi connectivity index (χ0n) is 16.8. The van der Waals surface area contributed by atoms with E-state index >= 15 is 0 Å². The van der Waals surface area contributed by atoms with Gasteiger partial charge >= 0.3 is 5.69 Å². The van der Waals surface area contributed by atoms with Crippen molar-refractivity contribution in [2.75, 3.05) is 19.9 Å². The molecule has 0 radical (unpaired) electrons. The smallest absolute Gasteiger partial charge is 0.268 e. The van der Waals surface area contributed by atoms with Gasteiger partial charge in [0.15, 0.2) is 12.9 Å². The van der Waals surface area contributed by atoms with Gasteiger partial charge in [0, 0.05) is 22.9 Å². The Labute approximate surface area is 186 Å². The number of thioether (sulfide) groups is 1. The molecule has 0 unspecified atom stereocenters. The number of nitrogens with zero attached hydrogens (tertiary/aromatic N) is 4. The lowest BCUT2D eigenvalue weighted by atomic mass is 10.0. The summed E-state index contributed by atoms with van der Waals surface area (Å²) in [5.41, 5.74) is 1.64. The molecule has 0 aliphatic heterocycles. The minimum atomic E-state index is -3.67. The lowest BCUT2D eigenvalue weighted by molar-refractivity contribution is -0.736. The monoisotopic (exact) mass is 477 g/mol. The minimum absolute atomic E-state index is 0.0574. The third-order valence-corrected chi connectivity index (χ3v) is 6.45. The van der Waals surface area contributed by atoms with Gasteiger partial charge in [-0.2, -0.15) is 0 Å². The van der Waals surface area contributed by atoms with E-state index in [1.165, 1.54) is 38.4 Å². The first kappa shape index (κ1) is 23.2. The summed E-state index contributed by atoms with van der Waals surface area (Å²) in [6.07, 6.45) is 0. The molecule has 12 nitrogen and oxygen atoms in total. The number of carbonyl (C=O) groups excluding carboxylic acids is 1. The van der Waals surface area contributed by atoms with Crippen molar-refractivity contribution >= 4 is 33.4 Å². The molecular formula is C18H17N6O6S2+. The largest absolute Gasteiger partial charge is 0.318 e. The van der Waals surface area contributed by atoms with Crippen LogP contribution in [0.15, 0.2) is 57.7 Å². The lowest BCUT2D eigenvalue weighted by Crippen LogP contribution is -2.18. The number of rotatable bonds is 9. The quantitative estimate of drug-likeness (QED) is 0.267. The number of hydrogen-bond acceptors (Lipinski definition) is 9. The first-order chi connectivity index (χ1) is 15.3. The number of H-pyrrole nitrogens is 1. The molecule has 2 N–H and O–H groups in total. The molecule has 3 rings (SSSR count). The molecule has 0 saturated heterocycles. The Kier molecular flexibility index (Phi) is 7.07. The summed E-state index contributed by atoms with van der Waals surface area (Å²) in [4.78, 5) is 42.8. The third-order valence-electron chi connectivity index (χ3n) is 4.21. The van der Waals surface area contributed by atoms with Gasteiger partial charge in [-0.1, -0.05) is 23.9 Å². The van der Waals surface area contributed by atoms with Gasteiger partial charge in [0.1, 0.15) is 0 Å². The molecule has 166 valence electrons. The molecule has 0 aliphatic carbocycles. The van der Waals surface area contributed by atoms with Crippen LogP contribution in [0.1, 0.15) is 0 Å². The zero-order valence-corrected chi connectivity index (χ0v) is 18.4. The second-order valence-electron chi connectivity index (χ2n) is 6.18. The van der Waals surface area contributed by atoms with E-state index in [-0.39, 0.29) is 27.3 Å². The molecule has 0 aliphatic rings. The zero-order chi connectivity index (χ0) is 23.3. The number of nitrogens with one attached hydrogen (secondary N) is 2. The average Bonchev–Trinajstić information content (AvgIpc) is 3.31. The summed E-state index contributed by atoms with van der Waals surface area (Å²) in [6.45, 7) is 0. The summed E-state index contributed by atoms with van der Waals surface area (Å²) in [7, 11) is -1.15. The molecular weight excluding hydrogens is 460 g/mol. The van der Waals surface area contributed by atoms with Crippen LogP contribution in [0.4, 0.5) is 5.69 Å². The van der Waals surface area contributed by atoms with Gasteiger partial charge in [0.2, 0.25) is 15.2 Å². The Hall–Kier alpha value is -3.49. The van der Waals surface area contributed by atoms with E-state index in [2.05, 4.69) is 25.1 Å². The fourth-order valence-electron chi connectivity index (χ4n) is 2.68. The first-order valence-corrected chi connectivity index (χ1v) is 11.4. The molecule has 0 bridgehead atoms. The maximum atomic E-state index is 12.2. The van der Waals surface area contributed by atoms with E-state index < -0.39 is 15.9 Å². The number of aromatic amines is 1. The Balaban J connectivity index is 2.05. The molecule has 0 fully saturated rings. The number of benzene rings is 2. The van der Waals surface area contributed by atoms with Gasteiger partial charge in [-0.05, 0) is 36.4 Å². The van der Waals surface area contributed by atoms with E-state index in [0.29, 0.717) is 21.6 Å². The Morgan fingerprint density at radius 2 is 1.97 bits per heavy atom. The maximum absolute atomic E-state index is 12.2. The van der Waals surface area contributed by atoms with Crippen molar-refractivity contribution < 1.29 is 23.0 Å². The van der Waals surface area contributed by atoms with Crippen LogP contribution in [-0.4, -0.2) is 54.3 Å². The summed E-state index contributed by atoms with van der Waals surface area (Å²) in [5.74, 6) is -0.772. The van der Waals surface area contributed by atoms with Crippen molar-refractivity contribution in [3.63, 3.8) is 0 Å². The van der Waals surface area contributed by atoms with Crippen LogP contribution < -0.4 is 4.72 Å². The van der Waals surface area contributed by atoms with Crippen molar-refractivity contribution in [1.29, 1.82) is 0 Å². The van der Waals surface area contributed by atoms with Crippen LogP contribution in [-0.2, 0) is 19.7 Å². The third kappa shape index (κ3) is 5.22. The first-order valence-electron chi connectivity index (χ1n) is 8.89. The Bertz CT molecular complexity index is 1290. The van der Waals surface area contributed by atoms with E-state index in [4.69, 9.17) is 4.84 Å². The number of nitroso groups, excluding NO2 is 1. The second-order valence-corrected chi connectivity index (χ2v) is 9.01. The van der Waals surface area contributed by atoms with Crippen molar-refractivity contribution in [2.24, 2.45) is 5.18 Å². The summed E-state index contributed by atoms with van der Waals surface area (Å²) < 4.78 is 26.6. The highest BCUT2D eigenvalue weighted by Crippen LogP contribution is 2.32. The van der Waals surface area contributed by atoms with E-state index in [9.17, 15) is 23.0 Å². The Morgan fingerprint density at radius 3 is 2.66 bits per heavy atom. The molecule has 0 atom stereocenters. The molecule has 1 aromatic heterocycles. The second kappa shape index (κ2) is 9.76. The topological polar surface area (TPSA) is 164 Å². The van der Waals surface area contributed by atoms with Gasteiger partial charge in [-0.25, -0.2) is 23.0 Å². The van der Waals surface area contributed by atoms with E-state index in [0.717, 1.165) is 11.8 Å². The van der Waals surface area contributed by atoms with Crippen molar-refractivity contribution in [2.45, 2.75) is 10.1 Å².